The van der Waals surface area contributed by atoms with Crippen LogP contribution >= 0.6 is 0 Å². The van der Waals surface area contributed by atoms with Crippen molar-refractivity contribution in [3.63, 3.8) is 0 Å². The minimum Gasteiger partial charge on any atom is -0.225 e. The van der Waals surface area contributed by atoms with E-state index in [0.29, 0.717) is 5.92 Å². The molecule has 3 unspecified atom stereocenters. The Morgan fingerprint density at radius 2 is 2.19 bits per heavy atom. The van der Waals surface area contributed by atoms with Crippen LogP contribution in [0.4, 0.5) is 0 Å². The molecule has 3 aliphatic rings. The van der Waals surface area contributed by atoms with E-state index in [-0.39, 0.29) is 11.2 Å². The van der Waals surface area contributed by atoms with Crippen LogP contribution in [0.2, 0.25) is 0 Å². The molecule has 0 N–H and O–H groups in total. The van der Waals surface area contributed by atoms with E-state index in [0.717, 1.165) is 25.7 Å². The first-order valence-electron chi connectivity index (χ1n) is 6.28. The molecule has 16 heavy (non-hydrogen) atoms. The number of fused-ring (bicyclic) bond motifs is 2. The first kappa shape index (κ1) is 11.9. The van der Waals surface area contributed by atoms with Gasteiger partial charge in [0.2, 0.25) is 0 Å². The van der Waals surface area contributed by atoms with Crippen molar-refractivity contribution in [2.75, 3.05) is 0 Å². The van der Waals surface area contributed by atoms with Gasteiger partial charge in [0.1, 0.15) is 11.2 Å². The lowest BCUT2D eigenvalue weighted by Gasteiger charge is -2.48. The largest absolute Gasteiger partial charge is 0.225 e. The van der Waals surface area contributed by atoms with Gasteiger partial charge in [-0.15, -0.1) is 6.58 Å². The van der Waals surface area contributed by atoms with Gasteiger partial charge in [0, 0.05) is 0 Å². The SMILES string of the molecule is C=CCCCC(C)C12C=CC(C)(CC1)OO2. The smallest absolute Gasteiger partial charge is 0.124 e. The first-order valence-corrected chi connectivity index (χ1v) is 6.28. The lowest BCUT2D eigenvalue weighted by Crippen LogP contribution is -2.51. The van der Waals surface area contributed by atoms with Crippen molar-refractivity contribution >= 4 is 0 Å². The van der Waals surface area contributed by atoms with Crippen molar-refractivity contribution in [1.82, 2.24) is 0 Å². The first-order chi connectivity index (χ1) is 7.60. The fourth-order valence-electron chi connectivity index (χ4n) is 2.54. The molecular weight excluding hydrogens is 200 g/mol. The van der Waals surface area contributed by atoms with Gasteiger partial charge in [-0.25, -0.2) is 9.78 Å². The second-order valence-corrected chi connectivity index (χ2v) is 5.39. The molecule has 0 aromatic rings. The van der Waals surface area contributed by atoms with Crippen molar-refractivity contribution in [1.29, 1.82) is 0 Å². The summed E-state index contributed by atoms with van der Waals surface area (Å²) in [5, 5.41) is 0. The zero-order valence-corrected chi connectivity index (χ0v) is 10.4. The summed E-state index contributed by atoms with van der Waals surface area (Å²) in [6.07, 6.45) is 11.9. The van der Waals surface area contributed by atoms with Gasteiger partial charge in [-0.1, -0.05) is 25.2 Å². The third-order valence-corrected chi connectivity index (χ3v) is 4.00. The molecule has 3 rings (SSSR count). The molecule has 1 aliphatic carbocycles. The molecule has 2 bridgehead atoms. The summed E-state index contributed by atoms with van der Waals surface area (Å²) in [5.41, 5.74) is -0.346. The number of hydrogen-bond donors (Lipinski definition) is 0. The average Bonchev–Trinajstić information content (AvgIpc) is 2.31. The normalized spacial score (nSPS) is 38.6. The lowest BCUT2D eigenvalue weighted by molar-refractivity contribution is -0.432. The summed E-state index contributed by atoms with van der Waals surface area (Å²) in [5.74, 6) is 0.508. The zero-order valence-electron chi connectivity index (χ0n) is 10.4. The Bertz CT molecular complexity index is 285. The van der Waals surface area contributed by atoms with E-state index in [1.807, 2.05) is 6.08 Å². The van der Waals surface area contributed by atoms with Gasteiger partial charge in [0.25, 0.3) is 0 Å². The number of hydrogen-bond acceptors (Lipinski definition) is 2. The molecule has 2 heterocycles. The summed E-state index contributed by atoms with van der Waals surface area (Å²) in [6.45, 7) is 8.09. The Hall–Kier alpha value is -0.600. The molecule has 3 atom stereocenters. The third kappa shape index (κ3) is 2.09. The Kier molecular flexibility index (Phi) is 3.22. The fourth-order valence-corrected chi connectivity index (χ4v) is 2.54. The molecule has 1 fully saturated rings. The van der Waals surface area contributed by atoms with E-state index >= 15 is 0 Å². The summed E-state index contributed by atoms with van der Waals surface area (Å²) >= 11 is 0. The van der Waals surface area contributed by atoms with E-state index in [1.54, 1.807) is 0 Å². The molecule has 2 aliphatic heterocycles. The van der Waals surface area contributed by atoms with Crippen LogP contribution in [-0.2, 0) is 9.78 Å². The Labute approximate surface area is 98.2 Å². The monoisotopic (exact) mass is 222 g/mol. The second-order valence-electron chi connectivity index (χ2n) is 5.39. The summed E-state index contributed by atoms with van der Waals surface area (Å²) in [7, 11) is 0. The quantitative estimate of drug-likeness (QED) is 0.400. The van der Waals surface area contributed by atoms with Crippen molar-refractivity contribution in [3.8, 4) is 0 Å². The molecule has 0 aromatic carbocycles. The van der Waals surface area contributed by atoms with E-state index in [2.05, 4.69) is 32.6 Å². The molecule has 0 radical (unpaired) electrons. The highest BCUT2D eigenvalue weighted by Gasteiger charge is 2.48. The van der Waals surface area contributed by atoms with Gasteiger partial charge in [-0.05, 0) is 44.9 Å². The Morgan fingerprint density at radius 1 is 1.38 bits per heavy atom. The van der Waals surface area contributed by atoms with E-state index in [9.17, 15) is 0 Å². The van der Waals surface area contributed by atoms with Gasteiger partial charge < -0.3 is 0 Å². The Morgan fingerprint density at radius 3 is 2.69 bits per heavy atom. The van der Waals surface area contributed by atoms with Crippen molar-refractivity contribution in [2.24, 2.45) is 5.92 Å². The van der Waals surface area contributed by atoms with Gasteiger partial charge in [0.05, 0.1) is 0 Å². The highest BCUT2D eigenvalue weighted by molar-refractivity contribution is 5.17. The molecule has 90 valence electrons. The van der Waals surface area contributed by atoms with Crippen molar-refractivity contribution in [2.45, 2.75) is 57.2 Å². The topological polar surface area (TPSA) is 18.5 Å². The molecule has 0 aromatic heterocycles. The molecule has 2 heteroatoms. The number of allylic oxidation sites excluding steroid dienone is 1. The molecular formula is C14H22O2. The molecule has 1 saturated heterocycles. The van der Waals surface area contributed by atoms with Crippen LogP contribution in [0.25, 0.3) is 0 Å². The highest BCUT2D eigenvalue weighted by atomic mass is 17.2. The zero-order chi connectivity index (χ0) is 11.6. The van der Waals surface area contributed by atoms with Gasteiger partial charge >= 0.3 is 0 Å². The predicted octanol–water partition coefficient (Wildman–Crippen LogP) is 3.79. The standard InChI is InChI=1S/C14H22O2/c1-4-5-6-7-12(2)14-10-8-13(3,9-11-14)15-16-14/h4,8,10,12H,1,5-7,9,11H2,2-3H3. The molecule has 2 nitrogen and oxygen atoms in total. The Balaban J connectivity index is 1.98. The molecule has 0 spiro atoms. The predicted molar refractivity (Wildman–Crippen MR) is 64.9 cm³/mol. The van der Waals surface area contributed by atoms with E-state index in [4.69, 9.17) is 9.78 Å². The highest BCUT2D eigenvalue weighted by Crippen LogP contribution is 2.45. The van der Waals surface area contributed by atoms with E-state index < -0.39 is 0 Å². The van der Waals surface area contributed by atoms with Crippen LogP contribution in [0.5, 0.6) is 0 Å². The van der Waals surface area contributed by atoms with Crippen molar-refractivity contribution < 1.29 is 9.78 Å². The summed E-state index contributed by atoms with van der Waals surface area (Å²) in [4.78, 5) is 11.1. The maximum atomic E-state index is 5.65. The van der Waals surface area contributed by atoms with Crippen LogP contribution in [-0.4, -0.2) is 11.2 Å². The summed E-state index contributed by atoms with van der Waals surface area (Å²) in [6, 6.07) is 0. The van der Waals surface area contributed by atoms with Crippen LogP contribution in [0.15, 0.2) is 24.8 Å². The third-order valence-electron chi connectivity index (χ3n) is 4.00. The average molecular weight is 222 g/mol. The van der Waals surface area contributed by atoms with Crippen molar-refractivity contribution in [3.05, 3.63) is 24.8 Å². The molecule has 0 amide bonds. The number of rotatable bonds is 5. The van der Waals surface area contributed by atoms with Gasteiger partial charge in [-0.2, -0.15) is 0 Å². The maximum absolute atomic E-state index is 5.65. The van der Waals surface area contributed by atoms with Crippen LogP contribution in [0.1, 0.15) is 46.0 Å². The molecule has 0 saturated carbocycles. The van der Waals surface area contributed by atoms with Crippen LogP contribution in [0, 0.1) is 5.92 Å². The summed E-state index contributed by atoms with van der Waals surface area (Å²) < 4.78 is 0. The van der Waals surface area contributed by atoms with Crippen LogP contribution < -0.4 is 0 Å². The second kappa shape index (κ2) is 4.34. The fraction of sp³-hybridized carbons (Fsp3) is 0.714. The lowest BCUT2D eigenvalue weighted by atomic mass is 9.74. The minimum absolute atomic E-state index is 0.168. The van der Waals surface area contributed by atoms with Crippen LogP contribution in [0.3, 0.4) is 0 Å². The minimum atomic E-state index is -0.178. The van der Waals surface area contributed by atoms with Gasteiger partial charge in [0.15, 0.2) is 0 Å². The van der Waals surface area contributed by atoms with E-state index in [1.165, 1.54) is 6.42 Å². The van der Waals surface area contributed by atoms with Gasteiger partial charge in [-0.3, -0.25) is 0 Å². The number of unbranched alkanes of at least 4 members (excludes halogenated alkanes) is 1. The maximum Gasteiger partial charge on any atom is 0.124 e.